The lowest BCUT2D eigenvalue weighted by Crippen LogP contribution is -2.31. The van der Waals surface area contributed by atoms with Crippen molar-refractivity contribution in [2.24, 2.45) is 0 Å². The predicted molar refractivity (Wildman–Crippen MR) is 78.9 cm³/mol. The van der Waals surface area contributed by atoms with Gasteiger partial charge in [-0.15, -0.1) is 0 Å². The number of hydrogen-bond acceptors (Lipinski definition) is 5. The molecular weight excluding hydrogens is 272 g/mol. The van der Waals surface area contributed by atoms with E-state index >= 15 is 0 Å². The fourth-order valence-electron chi connectivity index (χ4n) is 2.60. The number of methoxy groups -OCH3 is 3. The van der Waals surface area contributed by atoms with Crippen molar-refractivity contribution in [3.05, 3.63) is 23.8 Å². The average Bonchev–Trinajstić information content (AvgIpc) is 2.43. The van der Waals surface area contributed by atoms with Crippen LogP contribution in [0.3, 0.4) is 0 Å². The van der Waals surface area contributed by atoms with Crippen LogP contribution in [0.25, 0.3) is 5.57 Å². The minimum absolute atomic E-state index is 0.0990. The van der Waals surface area contributed by atoms with E-state index in [1.165, 1.54) is 0 Å². The maximum Gasteiger partial charge on any atom is 0.164 e. The van der Waals surface area contributed by atoms with Gasteiger partial charge in [0.1, 0.15) is 5.75 Å². The fourth-order valence-corrected chi connectivity index (χ4v) is 2.60. The normalized spacial score (nSPS) is 21.8. The molecule has 0 heterocycles. The molecule has 1 unspecified atom stereocenters. The molecule has 1 aliphatic rings. The van der Waals surface area contributed by atoms with Gasteiger partial charge in [0.05, 0.1) is 26.9 Å². The molecule has 1 aromatic rings. The van der Waals surface area contributed by atoms with Crippen molar-refractivity contribution in [3.63, 3.8) is 0 Å². The lowest BCUT2D eigenvalue weighted by Gasteiger charge is -2.28. The summed E-state index contributed by atoms with van der Waals surface area (Å²) in [5.74, 6) is 1.57. The first-order chi connectivity index (χ1) is 9.90. The van der Waals surface area contributed by atoms with E-state index < -0.39 is 5.60 Å². The van der Waals surface area contributed by atoms with Gasteiger partial charge in [-0.1, -0.05) is 0 Å². The van der Waals surface area contributed by atoms with Gasteiger partial charge in [0.15, 0.2) is 17.3 Å². The second-order valence-corrected chi connectivity index (χ2v) is 5.39. The zero-order chi connectivity index (χ0) is 15.6. The van der Waals surface area contributed by atoms with Gasteiger partial charge >= 0.3 is 0 Å². The molecule has 1 aliphatic carbocycles. The summed E-state index contributed by atoms with van der Waals surface area (Å²) in [7, 11) is 4.64. The van der Waals surface area contributed by atoms with Crippen LogP contribution in [0.1, 0.15) is 25.3 Å². The van der Waals surface area contributed by atoms with Crippen molar-refractivity contribution in [1.29, 1.82) is 0 Å². The molecule has 1 N–H and O–H groups in total. The molecule has 1 aromatic carbocycles. The third kappa shape index (κ3) is 3.19. The quantitative estimate of drug-likeness (QED) is 0.921. The number of benzene rings is 1. The van der Waals surface area contributed by atoms with Crippen LogP contribution in [0.4, 0.5) is 0 Å². The topological polar surface area (TPSA) is 65.0 Å². The zero-order valence-corrected chi connectivity index (χ0v) is 12.7. The molecule has 2 rings (SSSR count). The van der Waals surface area contributed by atoms with E-state index in [1.54, 1.807) is 46.5 Å². The van der Waals surface area contributed by atoms with Gasteiger partial charge in [0.25, 0.3) is 0 Å². The third-order valence-corrected chi connectivity index (χ3v) is 3.51. The molecule has 0 fully saturated rings. The van der Waals surface area contributed by atoms with Crippen LogP contribution in [0.2, 0.25) is 0 Å². The molecule has 1 atom stereocenters. The van der Waals surface area contributed by atoms with E-state index in [0.717, 1.165) is 11.1 Å². The first kappa shape index (κ1) is 15.4. The molecule has 5 nitrogen and oxygen atoms in total. The van der Waals surface area contributed by atoms with Gasteiger partial charge in [-0.2, -0.15) is 0 Å². The van der Waals surface area contributed by atoms with Crippen LogP contribution >= 0.6 is 0 Å². The SMILES string of the molecule is COc1cc(OC)c(C2=CC(=O)CC(C)(O)C2)cc1OC. The van der Waals surface area contributed by atoms with Crippen LogP contribution in [-0.2, 0) is 4.79 Å². The van der Waals surface area contributed by atoms with Gasteiger partial charge in [-0.25, -0.2) is 0 Å². The van der Waals surface area contributed by atoms with E-state index in [0.29, 0.717) is 23.7 Å². The Morgan fingerprint density at radius 3 is 2.10 bits per heavy atom. The Bertz CT molecular complexity index is 587. The monoisotopic (exact) mass is 292 g/mol. The lowest BCUT2D eigenvalue weighted by molar-refractivity contribution is -0.119. The second-order valence-electron chi connectivity index (χ2n) is 5.39. The van der Waals surface area contributed by atoms with Crippen LogP contribution in [0.15, 0.2) is 18.2 Å². The molecule has 114 valence electrons. The molecular formula is C16H20O5. The number of rotatable bonds is 4. The molecule has 0 aliphatic heterocycles. The van der Waals surface area contributed by atoms with E-state index in [-0.39, 0.29) is 12.2 Å². The number of carbonyl (C=O) groups is 1. The number of ether oxygens (including phenoxy) is 3. The Balaban J connectivity index is 2.55. The zero-order valence-electron chi connectivity index (χ0n) is 12.7. The van der Waals surface area contributed by atoms with E-state index in [1.807, 2.05) is 0 Å². The van der Waals surface area contributed by atoms with E-state index in [2.05, 4.69) is 0 Å². The average molecular weight is 292 g/mol. The predicted octanol–water partition coefficient (Wildman–Crippen LogP) is 2.21. The van der Waals surface area contributed by atoms with Gasteiger partial charge in [-0.3, -0.25) is 4.79 Å². The number of allylic oxidation sites excluding steroid dienone is 1. The van der Waals surface area contributed by atoms with Gasteiger partial charge < -0.3 is 19.3 Å². The first-order valence-electron chi connectivity index (χ1n) is 6.66. The highest BCUT2D eigenvalue weighted by Crippen LogP contribution is 2.41. The van der Waals surface area contributed by atoms with Crippen LogP contribution in [-0.4, -0.2) is 37.8 Å². The van der Waals surface area contributed by atoms with Crippen molar-refractivity contribution in [1.82, 2.24) is 0 Å². The Hall–Kier alpha value is -2.01. The van der Waals surface area contributed by atoms with Gasteiger partial charge in [-0.05, 0) is 24.6 Å². The van der Waals surface area contributed by atoms with Crippen molar-refractivity contribution in [3.8, 4) is 17.2 Å². The Labute approximate surface area is 124 Å². The molecule has 0 bridgehead atoms. The van der Waals surface area contributed by atoms with Crippen LogP contribution in [0.5, 0.6) is 17.2 Å². The van der Waals surface area contributed by atoms with Crippen molar-refractivity contribution < 1.29 is 24.1 Å². The highest BCUT2D eigenvalue weighted by Gasteiger charge is 2.31. The molecule has 0 saturated carbocycles. The smallest absolute Gasteiger partial charge is 0.164 e. The summed E-state index contributed by atoms with van der Waals surface area (Å²) in [4.78, 5) is 11.8. The van der Waals surface area contributed by atoms with Crippen LogP contribution in [0, 0.1) is 0 Å². The Kier molecular flexibility index (Phi) is 4.23. The summed E-state index contributed by atoms with van der Waals surface area (Å²) in [5, 5.41) is 10.2. The number of ketones is 1. The molecule has 0 radical (unpaired) electrons. The first-order valence-corrected chi connectivity index (χ1v) is 6.66. The summed E-state index contributed by atoms with van der Waals surface area (Å²) in [6, 6.07) is 3.47. The van der Waals surface area contributed by atoms with Gasteiger partial charge in [0.2, 0.25) is 0 Å². The highest BCUT2D eigenvalue weighted by molar-refractivity contribution is 6.00. The van der Waals surface area contributed by atoms with Crippen molar-refractivity contribution in [2.45, 2.75) is 25.4 Å². The molecule has 0 spiro atoms. The summed E-state index contributed by atoms with van der Waals surface area (Å²) in [6.45, 7) is 1.66. The lowest BCUT2D eigenvalue weighted by atomic mass is 9.82. The van der Waals surface area contributed by atoms with E-state index in [4.69, 9.17) is 14.2 Å². The summed E-state index contributed by atoms with van der Waals surface area (Å²) in [6.07, 6.45) is 2.07. The van der Waals surface area contributed by atoms with Gasteiger partial charge in [0, 0.05) is 24.5 Å². The van der Waals surface area contributed by atoms with Crippen LogP contribution < -0.4 is 14.2 Å². The number of carbonyl (C=O) groups excluding carboxylic acids is 1. The number of aliphatic hydroxyl groups is 1. The Morgan fingerprint density at radius 1 is 1.00 bits per heavy atom. The summed E-state index contributed by atoms with van der Waals surface area (Å²) in [5.41, 5.74) is 0.414. The largest absolute Gasteiger partial charge is 0.496 e. The fraction of sp³-hybridized carbons (Fsp3) is 0.438. The van der Waals surface area contributed by atoms with Crippen molar-refractivity contribution in [2.75, 3.05) is 21.3 Å². The highest BCUT2D eigenvalue weighted by atomic mass is 16.5. The molecule has 21 heavy (non-hydrogen) atoms. The van der Waals surface area contributed by atoms with E-state index in [9.17, 15) is 9.90 Å². The molecule has 0 saturated heterocycles. The Morgan fingerprint density at radius 2 is 1.57 bits per heavy atom. The third-order valence-electron chi connectivity index (χ3n) is 3.51. The molecule has 0 aromatic heterocycles. The molecule has 5 heteroatoms. The summed E-state index contributed by atoms with van der Waals surface area (Å²) >= 11 is 0. The molecule has 0 amide bonds. The maximum atomic E-state index is 11.8. The standard InChI is InChI=1S/C16H20O5/c1-16(18)8-10(5-11(17)9-16)12-6-14(20-3)15(21-4)7-13(12)19-2/h5-7,18H,8-9H2,1-4H3. The minimum atomic E-state index is -1.04. The second kappa shape index (κ2) is 5.77. The minimum Gasteiger partial charge on any atom is -0.496 e. The maximum absolute atomic E-state index is 11.8. The number of hydrogen-bond donors (Lipinski definition) is 1. The van der Waals surface area contributed by atoms with Crippen molar-refractivity contribution >= 4 is 11.4 Å². The summed E-state index contributed by atoms with van der Waals surface area (Å²) < 4.78 is 15.9.